The highest BCUT2D eigenvalue weighted by Gasteiger charge is 2.13. The van der Waals surface area contributed by atoms with Crippen molar-refractivity contribution in [3.05, 3.63) is 47.0 Å². The van der Waals surface area contributed by atoms with Gasteiger partial charge in [0.25, 0.3) is 0 Å². The molecule has 4 nitrogen and oxygen atoms in total. The van der Waals surface area contributed by atoms with Gasteiger partial charge in [-0.3, -0.25) is 0 Å². The molecule has 3 rings (SSSR count). The number of pyridine rings is 1. The summed E-state index contributed by atoms with van der Waals surface area (Å²) in [5.74, 6) is 1.37. The number of thiophene rings is 1. The highest BCUT2D eigenvalue weighted by Crippen LogP contribution is 2.19. The number of fused-ring (bicyclic) bond motifs is 1. The Balaban J connectivity index is 1.98. The van der Waals surface area contributed by atoms with E-state index in [1.54, 1.807) is 11.3 Å². The molecule has 0 radical (unpaired) electrons. The van der Waals surface area contributed by atoms with Crippen molar-refractivity contribution in [3.63, 3.8) is 0 Å². The lowest BCUT2D eigenvalue weighted by atomic mass is 10.2. The van der Waals surface area contributed by atoms with Crippen LogP contribution in [0, 0.1) is 6.92 Å². The second-order valence-corrected chi connectivity index (χ2v) is 5.78. The van der Waals surface area contributed by atoms with Crippen molar-refractivity contribution in [2.24, 2.45) is 0 Å². The van der Waals surface area contributed by atoms with Gasteiger partial charge >= 0.3 is 0 Å². The van der Waals surface area contributed by atoms with E-state index >= 15 is 0 Å². The van der Waals surface area contributed by atoms with Gasteiger partial charge in [-0.05, 0) is 11.4 Å². The van der Waals surface area contributed by atoms with Crippen LogP contribution in [0.1, 0.15) is 24.0 Å². The number of hydrogen-bond donors (Lipinski definition) is 1. The van der Waals surface area contributed by atoms with E-state index in [1.807, 2.05) is 13.1 Å². The lowest BCUT2D eigenvalue weighted by molar-refractivity contribution is -0.692. The molecular formula is C15H17N4S+. The van der Waals surface area contributed by atoms with Gasteiger partial charge in [0.2, 0.25) is 0 Å². The standard InChI is InChI=1S/C15H17N4S/c1-3-14-17-7-12(15(16)18-14)8-19-9-13-11(4-5-20-13)6-10(19)2/h4-7,9H,3,8H2,1-2H3,(H2,16,17,18)/q+1. The van der Waals surface area contributed by atoms with Crippen LogP contribution >= 0.6 is 11.3 Å². The van der Waals surface area contributed by atoms with Gasteiger partial charge in [0.05, 0.1) is 10.3 Å². The number of aromatic nitrogens is 3. The summed E-state index contributed by atoms with van der Waals surface area (Å²) < 4.78 is 3.47. The Bertz CT molecular complexity index is 764. The third kappa shape index (κ3) is 2.36. The summed E-state index contributed by atoms with van der Waals surface area (Å²) in [4.78, 5) is 8.66. The minimum Gasteiger partial charge on any atom is -0.383 e. The van der Waals surface area contributed by atoms with Gasteiger partial charge in [-0.1, -0.05) is 6.92 Å². The molecule has 0 amide bonds. The van der Waals surface area contributed by atoms with Crippen LogP contribution in [0.5, 0.6) is 0 Å². The van der Waals surface area contributed by atoms with E-state index in [1.165, 1.54) is 15.8 Å². The molecular weight excluding hydrogens is 268 g/mol. The predicted octanol–water partition coefficient (Wildman–Crippen LogP) is 2.48. The van der Waals surface area contributed by atoms with Crippen LogP contribution < -0.4 is 10.3 Å². The van der Waals surface area contributed by atoms with Crippen LogP contribution in [0.25, 0.3) is 10.1 Å². The van der Waals surface area contributed by atoms with Crippen LogP contribution in [0.15, 0.2) is 29.9 Å². The minimum absolute atomic E-state index is 0.579. The van der Waals surface area contributed by atoms with Crippen LogP contribution in [0.4, 0.5) is 5.82 Å². The summed E-state index contributed by atoms with van der Waals surface area (Å²) in [5, 5.41) is 3.40. The second kappa shape index (κ2) is 5.17. The summed E-state index contributed by atoms with van der Waals surface area (Å²) in [7, 11) is 0. The SMILES string of the molecule is CCc1ncc(C[n+]2cc3sccc3cc2C)c(N)n1. The third-order valence-corrected chi connectivity index (χ3v) is 4.29. The van der Waals surface area contributed by atoms with E-state index in [9.17, 15) is 0 Å². The number of rotatable bonds is 3. The Morgan fingerprint density at radius 1 is 1.40 bits per heavy atom. The molecule has 0 saturated heterocycles. The fraction of sp³-hybridized carbons (Fsp3) is 0.267. The first-order valence-electron chi connectivity index (χ1n) is 6.65. The van der Waals surface area contributed by atoms with Crippen molar-refractivity contribution in [2.75, 3.05) is 5.73 Å². The molecule has 0 aliphatic rings. The maximum atomic E-state index is 6.03. The van der Waals surface area contributed by atoms with Gasteiger partial charge in [-0.15, -0.1) is 11.3 Å². The summed E-state index contributed by atoms with van der Waals surface area (Å²) >= 11 is 1.75. The molecule has 0 atom stereocenters. The van der Waals surface area contributed by atoms with E-state index in [0.717, 1.165) is 17.8 Å². The number of nitrogens with zero attached hydrogens (tertiary/aromatic N) is 3. The average molecular weight is 285 g/mol. The van der Waals surface area contributed by atoms with Crippen molar-refractivity contribution in [1.82, 2.24) is 9.97 Å². The van der Waals surface area contributed by atoms with Gasteiger partial charge in [-0.25, -0.2) is 9.97 Å². The number of hydrogen-bond acceptors (Lipinski definition) is 4. The lowest BCUT2D eigenvalue weighted by Crippen LogP contribution is -2.37. The summed E-state index contributed by atoms with van der Waals surface area (Å²) in [6.07, 6.45) is 4.81. The van der Waals surface area contributed by atoms with Crippen molar-refractivity contribution >= 4 is 27.2 Å². The monoisotopic (exact) mass is 285 g/mol. The molecule has 102 valence electrons. The first-order valence-corrected chi connectivity index (χ1v) is 7.53. The smallest absolute Gasteiger partial charge is 0.187 e. The minimum atomic E-state index is 0.579. The van der Waals surface area contributed by atoms with Crippen LogP contribution in [-0.2, 0) is 13.0 Å². The van der Waals surface area contributed by atoms with Gasteiger partial charge in [0.1, 0.15) is 11.6 Å². The molecule has 0 aliphatic carbocycles. The number of nitrogen functional groups attached to an aromatic ring is 1. The van der Waals surface area contributed by atoms with E-state index in [-0.39, 0.29) is 0 Å². The Hall–Kier alpha value is -2.01. The molecule has 3 heterocycles. The zero-order valence-corrected chi connectivity index (χ0v) is 12.4. The maximum absolute atomic E-state index is 6.03. The Morgan fingerprint density at radius 2 is 2.25 bits per heavy atom. The fourth-order valence-corrected chi connectivity index (χ4v) is 3.02. The average Bonchev–Trinajstić information content (AvgIpc) is 2.88. The highest BCUT2D eigenvalue weighted by molar-refractivity contribution is 7.17. The van der Waals surface area contributed by atoms with Crippen LogP contribution in [0.2, 0.25) is 0 Å². The van der Waals surface area contributed by atoms with E-state index in [2.05, 4.69) is 45.2 Å². The topological polar surface area (TPSA) is 55.7 Å². The molecule has 0 unspecified atom stereocenters. The molecule has 0 aromatic carbocycles. The van der Waals surface area contributed by atoms with E-state index in [4.69, 9.17) is 5.73 Å². The van der Waals surface area contributed by atoms with Crippen LogP contribution in [-0.4, -0.2) is 9.97 Å². The molecule has 0 saturated carbocycles. The molecule has 0 aliphatic heterocycles. The molecule has 20 heavy (non-hydrogen) atoms. The van der Waals surface area contributed by atoms with Crippen LogP contribution in [0.3, 0.4) is 0 Å². The van der Waals surface area contributed by atoms with Crippen molar-refractivity contribution in [1.29, 1.82) is 0 Å². The predicted molar refractivity (Wildman–Crippen MR) is 81.7 cm³/mol. The van der Waals surface area contributed by atoms with Crippen molar-refractivity contribution in [3.8, 4) is 0 Å². The number of nitrogens with two attached hydrogens (primary N) is 1. The quantitative estimate of drug-likeness (QED) is 0.752. The zero-order chi connectivity index (χ0) is 14.1. The molecule has 0 fully saturated rings. The van der Waals surface area contributed by atoms with E-state index < -0.39 is 0 Å². The first kappa shape index (κ1) is 13.0. The van der Waals surface area contributed by atoms with Gasteiger partial charge < -0.3 is 5.73 Å². The van der Waals surface area contributed by atoms with Gasteiger partial charge in [0, 0.05) is 31.0 Å². The van der Waals surface area contributed by atoms with E-state index in [0.29, 0.717) is 12.4 Å². The lowest BCUT2D eigenvalue weighted by Gasteiger charge is -2.05. The number of anilines is 1. The van der Waals surface area contributed by atoms with Gasteiger partial charge in [-0.2, -0.15) is 4.57 Å². The highest BCUT2D eigenvalue weighted by atomic mass is 32.1. The van der Waals surface area contributed by atoms with Crippen molar-refractivity contribution < 1.29 is 4.57 Å². The Kier molecular flexibility index (Phi) is 3.36. The van der Waals surface area contributed by atoms with Crippen molar-refractivity contribution in [2.45, 2.75) is 26.8 Å². The number of aryl methyl sites for hydroxylation is 2. The first-order chi connectivity index (χ1) is 9.67. The zero-order valence-electron chi connectivity index (χ0n) is 11.6. The second-order valence-electron chi connectivity index (χ2n) is 4.83. The fourth-order valence-electron chi connectivity index (χ4n) is 2.21. The maximum Gasteiger partial charge on any atom is 0.187 e. The Morgan fingerprint density at radius 3 is 3.00 bits per heavy atom. The largest absolute Gasteiger partial charge is 0.383 e. The summed E-state index contributed by atoms with van der Waals surface area (Å²) in [6, 6.07) is 4.34. The third-order valence-electron chi connectivity index (χ3n) is 3.42. The normalized spacial score (nSPS) is 11.1. The molecule has 3 aromatic rings. The summed E-state index contributed by atoms with van der Waals surface area (Å²) in [6.45, 7) is 4.84. The molecule has 5 heteroatoms. The molecule has 0 bridgehead atoms. The molecule has 0 spiro atoms. The Labute approximate surface area is 121 Å². The molecule has 2 N–H and O–H groups in total. The molecule has 3 aromatic heterocycles. The summed E-state index contributed by atoms with van der Waals surface area (Å²) in [5.41, 5.74) is 8.19. The van der Waals surface area contributed by atoms with Gasteiger partial charge in [0.15, 0.2) is 18.4 Å².